The Balaban J connectivity index is 1.61. The van der Waals surface area contributed by atoms with E-state index in [4.69, 9.17) is 4.42 Å². The molecule has 3 heterocycles. The number of thiophene rings is 1. The Bertz CT molecular complexity index is 600. The molecule has 1 amide bonds. The molecule has 0 radical (unpaired) electrons. The van der Waals surface area contributed by atoms with Crippen LogP contribution in [-0.2, 0) is 0 Å². The Hall–Kier alpha value is -1.89. The SMILES string of the molecule is CC(C)c1nnc(N2CCN(C(=O)c3ccsc3)CC2)o1. The normalized spacial score (nSPS) is 15.8. The van der Waals surface area contributed by atoms with E-state index < -0.39 is 0 Å². The van der Waals surface area contributed by atoms with Gasteiger partial charge >= 0.3 is 6.01 Å². The summed E-state index contributed by atoms with van der Waals surface area (Å²) in [6, 6.07) is 2.42. The van der Waals surface area contributed by atoms with Gasteiger partial charge in [0.2, 0.25) is 5.89 Å². The van der Waals surface area contributed by atoms with Crippen LogP contribution >= 0.6 is 11.3 Å². The minimum Gasteiger partial charge on any atom is -0.408 e. The lowest BCUT2D eigenvalue weighted by atomic mass is 10.2. The second kappa shape index (κ2) is 5.85. The third-order valence-electron chi connectivity index (χ3n) is 3.53. The molecule has 7 heteroatoms. The van der Waals surface area contributed by atoms with E-state index >= 15 is 0 Å². The number of anilines is 1. The predicted molar refractivity (Wildman–Crippen MR) is 80.8 cm³/mol. The molecular weight excluding hydrogens is 288 g/mol. The van der Waals surface area contributed by atoms with E-state index in [0.29, 0.717) is 25.0 Å². The van der Waals surface area contributed by atoms with Gasteiger partial charge in [-0.25, -0.2) is 0 Å². The molecule has 21 heavy (non-hydrogen) atoms. The Morgan fingerprint density at radius 3 is 2.62 bits per heavy atom. The summed E-state index contributed by atoms with van der Waals surface area (Å²) in [5, 5.41) is 12.0. The molecule has 112 valence electrons. The lowest BCUT2D eigenvalue weighted by molar-refractivity contribution is 0.0745. The third-order valence-corrected chi connectivity index (χ3v) is 4.21. The lowest BCUT2D eigenvalue weighted by Crippen LogP contribution is -2.48. The second-order valence-corrected chi connectivity index (χ2v) is 6.15. The quantitative estimate of drug-likeness (QED) is 0.870. The first-order chi connectivity index (χ1) is 10.1. The number of amides is 1. The molecule has 0 saturated carbocycles. The summed E-state index contributed by atoms with van der Waals surface area (Å²) in [4.78, 5) is 16.2. The Labute approximate surface area is 127 Å². The number of rotatable bonds is 3. The highest BCUT2D eigenvalue weighted by molar-refractivity contribution is 7.08. The monoisotopic (exact) mass is 306 g/mol. The molecule has 0 spiro atoms. The van der Waals surface area contributed by atoms with Gasteiger partial charge in [-0.05, 0) is 11.4 Å². The highest BCUT2D eigenvalue weighted by atomic mass is 32.1. The molecular formula is C14H18N4O2S. The second-order valence-electron chi connectivity index (χ2n) is 5.37. The molecule has 3 rings (SSSR count). The standard InChI is InChI=1S/C14H18N4O2S/c1-10(2)12-15-16-14(20-12)18-6-4-17(5-7-18)13(19)11-3-8-21-9-11/h3,8-10H,4-7H2,1-2H3. The molecule has 0 N–H and O–H groups in total. The van der Waals surface area contributed by atoms with Crippen LogP contribution in [0.2, 0.25) is 0 Å². The van der Waals surface area contributed by atoms with Crippen LogP contribution in [0.15, 0.2) is 21.2 Å². The van der Waals surface area contributed by atoms with E-state index in [-0.39, 0.29) is 11.8 Å². The Morgan fingerprint density at radius 2 is 2.05 bits per heavy atom. The molecule has 1 saturated heterocycles. The summed E-state index contributed by atoms with van der Waals surface area (Å²) >= 11 is 1.54. The first-order valence-corrected chi connectivity index (χ1v) is 7.99. The van der Waals surface area contributed by atoms with Crippen LogP contribution in [0, 0.1) is 0 Å². The van der Waals surface area contributed by atoms with Crippen LogP contribution in [0.1, 0.15) is 36.0 Å². The van der Waals surface area contributed by atoms with Crippen molar-refractivity contribution in [2.45, 2.75) is 19.8 Å². The molecule has 1 aliphatic heterocycles. The van der Waals surface area contributed by atoms with E-state index in [9.17, 15) is 4.79 Å². The fourth-order valence-electron chi connectivity index (χ4n) is 2.26. The molecule has 0 aromatic carbocycles. The smallest absolute Gasteiger partial charge is 0.318 e. The van der Waals surface area contributed by atoms with E-state index in [1.54, 1.807) is 11.3 Å². The number of carbonyl (C=O) groups excluding carboxylic acids is 1. The van der Waals surface area contributed by atoms with Crippen molar-refractivity contribution >= 4 is 23.3 Å². The summed E-state index contributed by atoms with van der Waals surface area (Å²) in [6.07, 6.45) is 0. The van der Waals surface area contributed by atoms with Crippen LogP contribution in [0.3, 0.4) is 0 Å². The summed E-state index contributed by atoms with van der Waals surface area (Å²) in [6.45, 7) is 6.83. The molecule has 0 atom stereocenters. The number of carbonyl (C=O) groups is 1. The zero-order valence-electron chi connectivity index (χ0n) is 12.2. The van der Waals surface area contributed by atoms with E-state index in [1.807, 2.05) is 40.5 Å². The van der Waals surface area contributed by atoms with Gasteiger partial charge in [-0.3, -0.25) is 4.79 Å². The van der Waals surface area contributed by atoms with E-state index in [0.717, 1.165) is 18.7 Å². The molecule has 6 nitrogen and oxygen atoms in total. The van der Waals surface area contributed by atoms with E-state index in [1.165, 1.54) is 0 Å². The summed E-state index contributed by atoms with van der Waals surface area (Å²) in [5.41, 5.74) is 0.772. The van der Waals surface area contributed by atoms with Crippen molar-refractivity contribution in [1.82, 2.24) is 15.1 Å². The number of hydrogen-bond acceptors (Lipinski definition) is 6. The molecule has 2 aromatic heterocycles. The molecule has 0 bridgehead atoms. The largest absolute Gasteiger partial charge is 0.408 e. The minimum absolute atomic E-state index is 0.101. The summed E-state index contributed by atoms with van der Waals surface area (Å²) in [5.74, 6) is 0.985. The first-order valence-electron chi connectivity index (χ1n) is 7.05. The molecule has 0 unspecified atom stereocenters. The van der Waals surface area contributed by atoms with E-state index in [2.05, 4.69) is 10.2 Å². The summed E-state index contributed by atoms with van der Waals surface area (Å²) in [7, 11) is 0. The van der Waals surface area contributed by atoms with Crippen LogP contribution in [0.5, 0.6) is 0 Å². The summed E-state index contributed by atoms with van der Waals surface area (Å²) < 4.78 is 5.65. The highest BCUT2D eigenvalue weighted by Crippen LogP contribution is 2.20. The molecule has 1 fully saturated rings. The Kier molecular flexibility index (Phi) is 3.92. The van der Waals surface area contributed by atoms with Gasteiger partial charge in [0, 0.05) is 37.5 Å². The van der Waals surface area contributed by atoms with Crippen molar-refractivity contribution in [3.8, 4) is 0 Å². The molecule has 2 aromatic rings. The van der Waals surface area contributed by atoms with Crippen molar-refractivity contribution < 1.29 is 9.21 Å². The maximum absolute atomic E-state index is 12.3. The van der Waals surface area contributed by atoms with Gasteiger partial charge in [0.05, 0.1) is 5.56 Å². The van der Waals surface area contributed by atoms with Gasteiger partial charge in [-0.2, -0.15) is 11.3 Å². The average molecular weight is 306 g/mol. The minimum atomic E-state index is 0.101. The van der Waals surface area contributed by atoms with Crippen LogP contribution in [-0.4, -0.2) is 47.2 Å². The van der Waals surface area contributed by atoms with Gasteiger partial charge in [-0.1, -0.05) is 18.9 Å². The van der Waals surface area contributed by atoms with Gasteiger partial charge < -0.3 is 14.2 Å². The fourth-order valence-corrected chi connectivity index (χ4v) is 2.89. The molecule has 1 aliphatic rings. The van der Waals surface area contributed by atoms with Gasteiger partial charge in [-0.15, -0.1) is 5.10 Å². The van der Waals surface area contributed by atoms with Crippen molar-refractivity contribution in [2.24, 2.45) is 0 Å². The van der Waals surface area contributed by atoms with Crippen molar-refractivity contribution in [3.05, 3.63) is 28.3 Å². The average Bonchev–Trinajstić information content (AvgIpc) is 3.18. The van der Waals surface area contributed by atoms with Crippen LogP contribution < -0.4 is 4.90 Å². The zero-order chi connectivity index (χ0) is 14.8. The number of aromatic nitrogens is 2. The topological polar surface area (TPSA) is 62.5 Å². The fraction of sp³-hybridized carbons (Fsp3) is 0.500. The third kappa shape index (κ3) is 2.92. The number of nitrogens with zero attached hydrogens (tertiary/aromatic N) is 4. The van der Waals surface area contributed by atoms with Crippen LogP contribution in [0.4, 0.5) is 6.01 Å². The maximum atomic E-state index is 12.3. The maximum Gasteiger partial charge on any atom is 0.318 e. The van der Waals surface area contributed by atoms with Crippen molar-refractivity contribution in [2.75, 3.05) is 31.1 Å². The van der Waals surface area contributed by atoms with Gasteiger partial charge in [0.1, 0.15) is 0 Å². The van der Waals surface area contributed by atoms with Crippen molar-refractivity contribution in [1.29, 1.82) is 0 Å². The highest BCUT2D eigenvalue weighted by Gasteiger charge is 2.25. The zero-order valence-corrected chi connectivity index (χ0v) is 13.0. The predicted octanol–water partition coefficient (Wildman–Crippen LogP) is 2.22. The van der Waals surface area contributed by atoms with Crippen LogP contribution in [0.25, 0.3) is 0 Å². The molecule has 0 aliphatic carbocycles. The first kappa shape index (κ1) is 14.1. The van der Waals surface area contributed by atoms with Gasteiger partial charge in [0.25, 0.3) is 5.91 Å². The van der Waals surface area contributed by atoms with Crippen molar-refractivity contribution in [3.63, 3.8) is 0 Å². The lowest BCUT2D eigenvalue weighted by Gasteiger charge is -2.33. The number of piperazine rings is 1. The van der Waals surface area contributed by atoms with Gasteiger partial charge in [0.15, 0.2) is 0 Å². The number of hydrogen-bond donors (Lipinski definition) is 0. The Morgan fingerprint density at radius 1 is 1.29 bits per heavy atom.